The van der Waals surface area contributed by atoms with Gasteiger partial charge in [0.1, 0.15) is 0 Å². The number of hydrogen-bond donors (Lipinski definition) is 0. The Balaban J connectivity index is 1.63. The average molecular weight is 385 g/mol. The fourth-order valence-electron chi connectivity index (χ4n) is 3.52. The van der Waals surface area contributed by atoms with Crippen molar-refractivity contribution in [3.63, 3.8) is 0 Å². The molecule has 0 radical (unpaired) electrons. The second-order valence-corrected chi connectivity index (χ2v) is 7.47. The van der Waals surface area contributed by atoms with Gasteiger partial charge in [-0.3, -0.25) is 4.90 Å². The van der Waals surface area contributed by atoms with Crippen molar-refractivity contribution in [1.82, 2.24) is 9.80 Å². The zero-order valence-electron chi connectivity index (χ0n) is 17.7. The molecule has 29 heavy (non-hydrogen) atoms. The predicted molar refractivity (Wildman–Crippen MR) is 125 cm³/mol. The minimum absolute atomic E-state index is 0.953. The molecule has 0 saturated heterocycles. The van der Waals surface area contributed by atoms with Gasteiger partial charge in [0.2, 0.25) is 0 Å². The molecule has 0 atom stereocenters. The maximum Gasteiger partial charge on any atom is 0.0231 e. The van der Waals surface area contributed by atoms with E-state index in [0.717, 1.165) is 32.7 Å². The first-order chi connectivity index (χ1) is 14.3. The van der Waals surface area contributed by atoms with Crippen molar-refractivity contribution in [3.8, 4) is 0 Å². The number of benzene rings is 3. The monoisotopic (exact) mass is 384 g/mol. The van der Waals surface area contributed by atoms with E-state index in [-0.39, 0.29) is 0 Å². The quantitative estimate of drug-likeness (QED) is 0.451. The van der Waals surface area contributed by atoms with Gasteiger partial charge in [0.25, 0.3) is 0 Å². The molecule has 0 amide bonds. The molecule has 0 unspecified atom stereocenters. The van der Waals surface area contributed by atoms with Crippen LogP contribution >= 0.6 is 0 Å². The van der Waals surface area contributed by atoms with Crippen LogP contribution in [0.4, 0.5) is 0 Å². The van der Waals surface area contributed by atoms with Gasteiger partial charge in [-0.05, 0) is 35.9 Å². The average Bonchev–Trinajstić information content (AvgIpc) is 2.78. The van der Waals surface area contributed by atoms with Crippen LogP contribution in [0.3, 0.4) is 0 Å². The van der Waals surface area contributed by atoms with Gasteiger partial charge in [0.05, 0.1) is 0 Å². The number of nitrogens with zero attached hydrogens (tertiary/aromatic N) is 2. The summed E-state index contributed by atoms with van der Waals surface area (Å²) in [7, 11) is 2.20. The van der Waals surface area contributed by atoms with E-state index in [1.54, 1.807) is 0 Å². The summed E-state index contributed by atoms with van der Waals surface area (Å²) in [4.78, 5) is 4.91. The molecule has 2 heteroatoms. The van der Waals surface area contributed by atoms with Crippen molar-refractivity contribution in [3.05, 3.63) is 114 Å². The highest BCUT2D eigenvalue weighted by Crippen LogP contribution is 2.23. The first-order valence-electron chi connectivity index (χ1n) is 10.5. The highest BCUT2D eigenvalue weighted by atomic mass is 15.2. The van der Waals surface area contributed by atoms with Crippen LogP contribution in [0, 0.1) is 0 Å². The van der Waals surface area contributed by atoms with E-state index in [9.17, 15) is 0 Å². The summed E-state index contributed by atoms with van der Waals surface area (Å²) in [6.07, 6.45) is 2.38. The lowest BCUT2D eigenvalue weighted by molar-refractivity contribution is 0.244. The zero-order chi connectivity index (χ0) is 20.3. The smallest absolute Gasteiger partial charge is 0.0231 e. The van der Waals surface area contributed by atoms with Crippen LogP contribution in [0.2, 0.25) is 0 Å². The summed E-state index contributed by atoms with van der Waals surface area (Å²) in [5.74, 6) is 0. The highest BCUT2D eigenvalue weighted by Gasteiger charge is 2.08. The fourth-order valence-corrected chi connectivity index (χ4v) is 3.52. The molecule has 0 bridgehead atoms. The predicted octanol–water partition coefficient (Wildman–Crippen LogP) is 5.57. The first kappa shape index (κ1) is 21.0. The van der Waals surface area contributed by atoms with Crippen LogP contribution in [0.1, 0.15) is 23.6 Å². The van der Waals surface area contributed by atoms with E-state index in [4.69, 9.17) is 0 Å². The normalized spacial score (nSPS) is 11.0. The minimum atomic E-state index is 0.953. The third-order valence-corrected chi connectivity index (χ3v) is 5.26. The fraction of sp³-hybridized carbons (Fsp3) is 0.259. The molecule has 3 rings (SSSR count). The van der Waals surface area contributed by atoms with Gasteiger partial charge in [0, 0.05) is 26.2 Å². The molecule has 0 N–H and O–H groups in total. The van der Waals surface area contributed by atoms with Crippen LogP contribution in [0.5, 0.6) is 0 Å². The van der Waals surface area contributed by atoms with Crippen LogP contribution in [0.15, 0.2) is 97.1 Å². The summed E-state index contributed by atoms with van der Waals surface area (Å²) in [5.41, 5.74) is 5.22. The largest absolute Gasteiger partial charge is 0.301 e. The second-order valence-electron chi connectivity index (χ2n) is 7.47. The van der Waals surface area contributed by atoms with Crippen LogP contribution in [0.25, 0.3) is 5.57 Å². The first-order valence-corrected chi connectivity index (χ1v) is 10.5. The molecule has 0 spiro atoms. The topological polar surface area (TPSA) is 6.48 Å². The van der Waals surface area contributed by atoms with Gasteiger partial charge in [-0.1, -0.05) is 104 Å². The van der Waals surface area contributed by atoms with Crippen molar-refractivity contribution < 1.29 is 0 Å². The Labute approximate surface area is 176 Å². The Morgan fingerprint density at radius 2 is 1.24 bits per heavy atom. The van der Waals surface area contributed by atoms with Crippen LogP contribution in [-0.4, -0.2) is 43.0 Å². The molecule has 2 nitrogen and oxygen atoms in total. The Morgan fingerprint density at radius 3 is 1.76 bits per heavy atom. The molecule has 0 aromatic heterocycles. The van der Waals surface area contributed by atoms with Gasteiger partial charge in [0.15, 0.2) is 0 Å². The molecule has 0 heterocycles. The lowest BCUT2D eigenvalue weighted by Gasteiger charge is -2.24. The van der Waals surface area contributed by atoms with E-state index in [2.05, 4.69) is 121 Å². The van der Waals surface area contributed by atoms with Crippen molar-refractivity contribution in [1.29, 1.82) is 0 Å². The Bertz CT molecular complexity index is 815. The molecule has 0 saturated carbocycles. The maximum absolute atomic E-state index is 2.51. The molecule has 0 aliphatic rings. The number of hydrogen-bond acceptors (Lipinski definition) is 2. The lowest BCUT2D eigenvalue weighted by atomic mass is 9.97. The molecule has 0 aliphatic heterocycles. The maximum atomic E-state index is 2.51. The summed E-state index contributed by atoms with van der Waals surface area (Å²) < 4.78 is 0. The third-order valence-electron chi connectivity index (χ3n) is 5.26. The van der Waals surface area contributed by atoms with E-state index in [1.165, 1.54) is 22.3 Å². The molecular formula is C27H32N2. The molecule has 150 valence electrons. The van der Waals surface area contributed by atoms with Crippen molar-refractivity contribution in [2.24, 2.45) is 0 Å². The molecular weight excluding hydrogens is 352 g/mol. The molecule has 3 aromatic carbocycles. The van der Waals surface area contributed by atoms with E-state index in [1.807, 2.05) is 0 Å². The molecule has 3 aromatic rings. The third kappa shape index (κ3) is 6.70. The molecule has 0 fully saturated rings. The minimum Gasteiger partial charge on any atom is -0.301 e. The lowest BCUT2D eigenvalue weighted by Crippen LogP contribution is -2.33. The SMILES string of the molecule is CCN(CC=C(c1ccccc1)c1ccccc1)CCN(C)Cc1ccccc1. The second kappa shape index (κ2) is 11.4. The van der Waals surface area contributed by atoms with Gasteiger partial charge in [-0.2, -0.15) is 0 Å². The standard InChI is InChI=1S/C27H32N2/c1-3-29(22-21-28(2)23-24-13-7-4-8-14-24)20-19-27(25-15-9-5-10-16-25)26-17-11-6-12-18-26/h4-19H,3,20-23H2,1-2H3. The highest BCUT2D eigenvalue weighted by molar-refractivity contribution is 5.79. The van der Waals surface area contributed by atoms with Gasteiger partial charge in [-0.15, -0.1) is 0 Å². The number of rotatable bonds is 10. The van der Waals surface area contributed by atoms with Gasteiger partial charge in [-0.25, -0.2) is 0 Å². The summed E-state index contributed by atoms with van der Waals surface area (Å²) in [6, 6.07) is 32.1. The van der Waals surface area contributed by atoms with Gasteiger partial charge < -0.3 is 4.90 Å². The van der Waals surface area contributed by atoms with Gasteiger partial charge >= 0.3 is 0 Å². The van der Waals surface area contributed by atoms with E-state index < -0.39 is 0 Å². The Kier molecular flexibility index (Phi) is 8.24. The van der Waals surface area contributed by atoms with E-state index in [0.29, 0.717) is 0 Å². The van der Waals surface area contributed by atoms with Crippen molar-refractivity contribution >= 4 is 5.57 Å². The van der Waals surface area contributed by atoms with Crippen molar-refractivity contribution in [2.75, 3.05) is 33.2 Å². The van der Waals surface area contributed by atoms with Crippen LogP contribution < -0.4 is 0 Å². The summed E-state index contributed by atoms with van der Waals surface area (Å²) in [6.45, 7) is 7.36. The zero-order valence-corrected chi connectivity index (χ0v) is 17.7. The van der Waals surface area contributed by atoms with Crippen LogP contribution in [-0.2, 0) is 6.54 Å². The summed E-state index contributed by atoms with van der Waals surface area (Å²) in [5, 5.41) is 0. The summed E-state index contributed by atoms with van der Waals surface area (Å²) >= 11 is 0. The Morgan fingerprint density at radius 1 is 0.724 bits per heavy atom. The van der Waals surface area contributed by atoms with E-state index >= 15 is 0 Å². The Hall–Kier alpha value is -2.68. The number of likely N-dealkylation sites (N-methyl/N-ethyl adjacent to an activating group) is 2. The van der Waals surface area contributed by atoms with Crippen molar-refractivity contribution in [2.45, 2.75) is 13.5 Å². The molecule has 0 aliphatic carbocycles.